The van der Waals surface area contributed by atoms with Gasteiger partial charge in [-0.25, -0.2) is 0 Å². The standard InChI is InChI=1S/C24H32O6/c1-11-9-23-12(2)7-16-17(22(16,3)4)15(19(23)27)8-14(10-25)18(26)24(23,29)20(11)30-21(28)13-5-6-13/h8-9,12-13,15-18,20,25-26,29H,5-7,10H2,1-4H3/t12-,15+,16-,17+,18-,20+,23+,24+/m1/s1. The van der Waals surface area contributed by atoms with E-state index in [0.717, 1.165) is 19.3 Å². The highest BCUT2D eigenvalue weighted by Crippen LogP contribution is 2.71. The zero-order chi connectivity index (χ0) is 21.8. The van der Waals surface area contributed by atoms with Gasteiger partial charge in [-0.2, -0.15) is 0 Å². The summed E-state index contributed by atoms with van der Waals surface area (Å²) in [5.41, 5.74) is -2.55. The molecule has 6 heteroatoms. The third-order valence-electron chi connectivity index (χ3n) is 9.04. The largest absolute Gasteiger partial charge is 0.454 e. The molecule has 2 bridgehead atoms. The van der Waals surface area contributed by atoms with Gasteiger partial charge < -0.3 is 20.1 Å². The Balaban J connectivity index is 1.68. The third kappa shape index (κ3) is 2.25. The van der Waals surface area contributed by atoms with Gasteiger partial charge in [0.05, 0.1) is 17.9 Å². The third-order valence-corrected chi connectivity index (χ3v) is 9.04. The highest BCUT2D eigenvalue weighted by atomic mass is 16.6. The Kier molecular flexibility index (Phi) is 4.11. The van der Waals surface area contributed by atoms with Crippen LogP contribution in [-0.2, 0) is 14.3 Å². The molecule has 8 atom stereocenters. The Hall–Kier alpha value is -1.50. The maximum atomic E-state index is 14.1. The quantitative estimate of drug-likeness (QED) is 0.479. The van der Waals surface area contributed by atoms with Crippen molar-refractivity contribution in [3.63, 3.8) is 0 Å². The molecule has 0 aromatic carbocycles. The number of ether oxygens (including phenoxy) is 1. The lowest BCUT2D eigenvalue weighted by Crippen LogP contribution is -2.65. The molecule has 0 aliphatic heterocycles. The fraction of sp³-hybridized carbons (Fsp3) is 0.750. The van der Waals surface area contributed by atoms with Crippen molar-refractivity contribution in [2.75, 3.05) is 6.61 Å². The van der Waals surface area contributed by atoms with E-state index in [1.165, 1.54) is 0 Å². The summed E-state index contributed by atoms with van der Waals surface area (Å²) in [6.45, 7) is 7.58. The molecule has 3 saturated carbocycles. The molecule has 0 aromatic heterocycles. The SMILES string of the molecule is CC1=C[C@]23C(=O)[C@@H](C=C(CO)[C@@H](O)[C@]2(O)[C@H]1OC(=O)C1CC1)[C@H]1[C@@H](C[C@H]3C)C1(C)C. The van der Waals surface area contributed by atoms with Crippen LogP contribution in [0.25, 0.3) is 0 Å². The number of carbonyl (C=O) groups excluding carboxylic acids is 2. The van der Waals surface area contributed by atoms with Crippen molar-refractivity contribution >= 4 is 11.8 Å². The average Bonchev–Trinajstić information content (AvgIpc) is 3.59. The van der Waals surface area contributed by atoms with Crippen molar-refractivity contribution in [3.8, 4) is 0 Å². The smallest absolute Gasteiger partial charge is 0.309 e. The van der Waals surface area contributed by atoms with Crippen molar-refractivity contribution in [2.45, 2.75) is 64.8 Å². The molecule has 0 heterocycles. The average molecular weight is 417 g/mol. The molecule has 0 aromatic rings. The summed E-state index contributed by atoms with van der Waals surface area (Å²) in [6.07, 6.45) is 3.14. The number of rotatable bonds is 3. The zero-order valence-corrected chi connectivity index (χ0v) is 18.1. The molecule has 0 saturated heterocycles. The lowest BCUT2D eigenvalue weighted by molar-refractivity contribution is -0.204. The van der Waals surface area contributed by atoms with Gasteiger partial charge in [-0.05, 0) is 60.5 Å². The number of aliphatic hydroxyl groups is 3. The predicted octanol–water partition coefficient (Wildman–Crippen LogP) is 1.78. The summed E-state index contributed by atoms with van der Waals surface area (Å²) in [4.78, 5) is 26.7. The normalized spacial score (nSPS) is 48.6. The van der Waals surface area contributed by atoms with Crippen LogP contribution in [0.15, 0.2) is 23.3 Å². The Bertz CT molecular complexity index is 882. The molecular weight excluding hydrogens is 384 g/mol. The minimum absolute atomic E-state index is 0.00409. The second-order valence-electron chi connectivity index (χ2n) is 11.0. The Morgan fingerprint density at radius 3 is 2.57 bits per heavy atom. The first-order valence-electron chi connectivity index (χ1n) is 11.2. The number of allylic oxidation sites excluding steroid dienone is 1. The summed E-state index contributed by atoms with van der Waals surface area (Å²) >= 11 is 0. The number of hydrogen-bond donors (Lipinski definition) is 3. The first kappa shape index (κ1) is 20.4. The molecule has 164 valence electrons. The lowest BCUT2D eigenvalue weighted by atomic mass is 9.59. The molecule has 5 aliphatic rings. The fourth-order valence-corrected chi connectivity index (χ4v) is 7.13. The number of esters is 1. The van der Waals surface area contributed by atoms with Crippen molar-refractivity contribution in [2.24, 2.45) is 40.4 Å². The second kappa shape index (κ2) is 6.05. The van der Waals surface area contributed by atoms with Crippen LogP contribution in [0.1, 0.15) is 47.0 Å². The molecule has 1 spiro atoms. The minimum atomic E-state index is -2.03. The molecule has 3 fully saturated rings. The van der Waals surface area contributed by atoms with Gasteiger partial charge in [-0.3, -0.25) is 9.59 Å². The molecule has 5 rings (SSSR count). The maximum Gasteiger partial charge on any atom is 0.309 e. The van der Waals surface area contributed by atoms with E-state index in [4.69, 9.17) is 4.74 Å². The van der Waals surface area contributed by atoms with E-state index < -0.39 is 41.7 Å². The van der Waals surface area contributed by atoms with Gasteiger partial charge in [0.15, 0.2) is 17.5 Å². The van der Waals surface area contributed by atoms with Crippen molar-refractivity contribution in [3.05, 3.63) is 23.3 Å². The molecule has 0 amide bonds. The summed E-state index contributed by atoms with van der Waals surface area (Å²) in [6, 6.07) is 0. The number of aliphatic hydroxyl groups excluding tert-OH is 2. The van der Waals surface area contributed by atoms with E-state index in [1.54, 1.807) is 19.1 Å². The van der Waals surface area contributed by atoms with Gasteiger partial charge in [0.2, 0.25) is 0 Å². The van der Waals surface area contributed by atoms with Crippen LogP contribution in [0, 0.1) is 40.4 Å². The van der Waals surface area contributed by atoms with Gasteiger partial charge in [-0.15, -0.1) is 0 Å². The maximum absolute atomic E-state index is 14.1. The summed E-state index contributed by atoms with van der Waals surface area (Å²) in [7, 11) is 0. The number of fused-ring (bicyclic) bond motifs is 3. The van der Waals surface area contributed by atoms with Crippen molar-refractivity contribution < 1.29 is 29.6 Å². The minimum Gasteiger partial charge on any atom is -0.454 e. The van der Waals surface area contributed by atoms with Crippen LogP contribution in [0.3, 0.4) is 0 Å². The van der Waals surface area contributed by atoms with Gasteiger partial charge in [-0.1, -0.05) is 32.9 Å². The van der Waals surface area contributed by atoms with Gasteiger partial charge in [0.1, 0.15) is 6.10 Å². The second-order valence-corrected chi connectivity index (χ2v) is 11.0. The van der Waals surface area contributed by atoms with E-state index in [0.29, 0.717) is 11.5 Å². The lowest BCUT2D eigenvalue weighted by Gasteiger charge is -2.48. The molecule has 30 heavy (non-hydrogen) atoms. The number of Topliss-reactive ketones (excluding diaryl/α,β-unsaturated/α-hetero) is 1. The van der Waals surface area contributed by atoms with Crippen LogP contribution in [0.4, 0.5) is 0 Å². The molecule has 0 radical (unpaired) electrons. The van der Waals surface area contributed by atoms with Gasteiger partial charge in [0.25, 0.3) is 0 Å². The number of hydrogen-bond acceptors (Lipinski definition) is 6. The predicted molar refractivity (Wildman–Crippen MR) is 108 cm³/mol. The zero-order valence-electron chi connectivity index (χ0n) is 18.1. The Labute approximate surface area is 177 Å². The van der Waals surface area contributed by atoms with E-state index in [-0.39, 0.29) is 34.5 Å². The molecule has 0 unspecified atom stereocenters. The summed E-state index contributed by atoms with van der Waals surface area (Å²) in [5, 5.41) is 33.6. The molecule has 5 aliphatic carbocycles. The van der Waals surface area contributed by atoms with E-state index in [9.17, 15) is 24.9 Å². The van der Waals surface area contributed by atoms with Crippen LogP contribution >= 0.6 is 0 Å². The molecule has 6 nitrogen and oxygen atoms in total. The Morgan fingerprint density at radius 2 is 1.97 bits per heavy atom. The summed E-state index contributed by atoms with van der Waals surface area (Å²) in [5.74, 6) is -0.960. The van der Waals surface area contributed by atoms with Crippen molar-refractivity contribution in [1.82, 2.24) is 0 Å². The van der Waals surface area contributed by atoms with Gasteiger partial charge in [0, 0.05) is 5.92 Å². The Morgan fingerprint density at radius 1 is 1.30 bits per heavy atom. The van der Waals surface area contributed by atoms with Crippen LogP contribution in [0.5, 0.6) is 0 Å². The monoisotopic (exact) mass is 416 g/mol. The molecular formula is C24H32O6. The van der Waals surface area contributed by atoms with E-state index in [2.05, 4.69) is 13.8 Å². The van der Waals surface area contributed by atoms with Crippen LogP contribution in [0.2, 0.25) is 0 Å². The first-order valence-corrected chi connectivity index (χ1v) is 11.2. The first-order chi connectivity index (χ1) is 14.0. The van der Waals surface area contributed by atoms with E-state index in [1.807, 2.05) is 6.92 Å². The molecule has 3 N–H and O–H groups in total. The highest BCUT2D eigenvalue weighted by Gasteiger charge is 2.76. The highest BCUT2D eigenvalue weighted by molar-refractivity contribution is 5.95. The number of ketones is 1. The topological polar surface area (TPSA) is 104 Å². The van der Waals surface area contributed by atoms with Crippen LogP contribution < -0.4 is 0 Å². The fourth-order valence-electron chi connectivity index (χ4n) is 7.13. The van der Waals surface area contributed by atoms with Gasteiger partial charge >= 0.3 is 5.97 Å². The van der Waals surface area contributed by atoms with E-state index >= 15 is 0 Å². The van der Waals surface area contributed by atoms with Crippen LogP contribution in [-0.4, -0.2) is 51.5 Å². The summed E-state index contributed by atoms with van der Waals surface area (Å²) < 4.78 is 5.76. The number of carbonyl (C=O) groups is 2. The van der Waals surface area contributed by atoms with Crippen molar-refractivity contribution in [1.29, 1.82) is 0 Å².